The van der Waals surface area contributed by atoms with Crippen LogP contribution in [0.3, 0.4) is 0 Å². The number of aryl methyl sites for hydroxylation is 2. The molecule has 0 spiro atoms. The molecule has 3 aromatic carbocycles. The van der Waals surface area contributed by atoms with Crippen molar-refractivity contribution in [3.8, 4) is 6.07 Å². The maximum absolute atomic E-state index is 12.6. The van der Waals surface area contributed by atoms with E-state index >= 15 is 0 Å². The van der Waals surface area contributed by atoms with Crippen LogP contribution in [0.15, 0.2) is 71.6 Å². The van der Waals surface area contributed by atoms with E-state index in [4.69, 9.17) is 16.9 Å². The Balaban J connectivity index is 1.49. The molecule has 0 saturated heterocycles. The van der Waals surface area contributed by atoms with E-state index in [1.54, 1.807) is 0 Å². The Labute approximate surface area is 187 Å². The highest BCUT2D eigenvalue weighted by atomic mass is 35.5. The second kappa shape index (κ2) is 9.11. The average molecular weight is 452 g/mol. The van der Waals surface area contributed by atoms with Crippen LogP contribution in [0, 0.1) is 11.3 Å². The van der Waals surface area contributed by atoms with Gasteiger partial charge in [-0.3, -0.25) is 0 Å². The fraction of sp³-hybridized carbons (Fsp3) is 0.208. The molecule has 7 heteroatoms. The van der Waals surface area contributed by atoms with E-state index in [0.29, 0.717) is 30.1 Å². The maximum Gasteiger partial charge on any atom is 0.240 e. The Bertz CT molecular complexity index is 1230. The molecule has 0 saturated carbocycles. The molecule has 1 aliphatic heterocycles. The van der Waals surface area contributed by atoms with Crippen molar-refractivity contribution in [2.75, 3.05) is 18.0 Å². The monoisotopic (exact) mass is 451 g/mol. The molecular formula is C24H22ClN3O2S. The molecule has 158 valence electrons. The van der Waals surface area contributed by atoms with Crippen LogP contribution in [0.4, 0.5) is 11.4 Å². The summed E-state index contributed by atoms with van der Waals surface area (Å²) in [5, 5.41) is 9.56. The summed E-state index contributed by atoms with van der Waals surface area (Å²) in [6.07, 6.45) is 2.51. The molecule has 0 aliphatic carbocycles. The summed E-state index contributed by atoms with van der Waals surface area (Å²) in [5.41, 5.74) is 5.15. The fourth-order valence-corrected chi connectivity index (χ4v) is 5.10. The van der Waals surface area contributed by atoms with Crippen LogP contribution in [0.25, 0.3) is 0 Å². The van der Waals surface area contributed by atoms with E-state index in [1.807, 2.05) is 30.3 Å². The summed E-state index contributed by atoms with van der Waals surface area (Å²) in [5.74, 6) is 0. The minimum atomic E-state index is -3.62. The van der Waals surface area contributed by atoms with Crippen LogP contribution < -0.4 is 9.62 Å². The van der Waals surface area contributed by atoms with Crippen LogP contribution in [-0.2, 0) is 22.9 Å². The number of halogens is 1. The largest absolute Gasteiger partial charge is 0.341 e. The lowest BCUT2D eigenvalue weighted by molar-refractivity contribution is 0.579. The van der Waals surface area contributed by atoms with Crippen molar-refractivity contribution in [2.45, 2.75) is 24.2 Å². The fourth-order valence-electron chi connectivity index (χ4n) is 3.86. The summed E-state index contributed by atoms with van der Waals surface area (Å²) in [6.45, 7) is 0.956. The van der Waals surface area contributed by atoms with E-state index in [1.165, 1.54) is 35.4 Å². The Morgan fingerprint density at radius 2 is 1.68 bits per heavy atom. The molecule has 3 aromatic rings. The number of anilines is 2. The number of hydrogen-bond donors (Lipinski definition) is 1. The van der Waals surface area contributed by atoms with Crippen LogP contribution in [0.2, 0.25) is 5.02 Å². The predicted octanol–water partition coefficient (Wildman–Crippen LogP) is 4.82. The highest BCUT2D eigenvalue weighted by Gasteiger charge is 2.21. The third-order valence-corrected chi connectivity index (χ3v) is 7.14. The van der Waals surface area contributed by atoms with Crippen molar-refractivity contribution in [3.63, 3.8) is 0 Å². The van der Waals surface area contributed by atoms with E-state index in [-0.39, 0.29) is 4.90 Å². The molecule has 0 radical (unpaired) electrons. The Morgan fingerprint density at radius 1 is 0.968 bits per heavy atom. The molecule has 0 unspecified atom stereocenters. The Kier molecular flexibility index (Phi) is 6.28. The second-order valence-corrected chi connectivity index (χ2v) is 9.64. The lowest BCUT2D eigenvalue weighted by Crippen LogP contribution is -2.28. The summed E-state index contributed by atoms with van der Waals surface area (Å²) >= 11 is 6.29. The summed E-state index contributed by atoms with van der Waals surface area (Å²) in [6, 6.07) is 22.2. The average Bonchev–Trinajstić information content (AvgIpc) is 2.93. The minimum Gasteiger partial charge on any atom is -0.341 e. The standard InChI is InChI=1S/C24H22ClN3O2S/c25-21-11-10-20-9-8-19-4-1-2-5-23(19)28(24(20)16-21)15-3-14-27-31(29,30)22-12-6-18(17-26)7-13-22/h1-2,4-7,10-13,16,27H,3,8-9,14-15H2. The van der Waals surface area contributed by atoms with Crippen molar-refractivity contribution < 1.29 is 8.42 Å². The van der Waals surface area contributed by atoms with Crippen LogP contribution in [0.1, 0.15) is 23.1 Å². The molecule has 0 amide bonds. The van der Waals surface area contributed by atoms with E-state index in [9.17, 15) is 8.42 Å². The van der Waals surface area contributed by atoms with Gasteiger partial charge in [0.05, 0.1) is 16.5 Å². The third-order valence-electron chi connectivity index (χ3n) is 5.43. The lowest BCUT2D eigenvalue weighted by Gasteiger charge is -2.27. The van der Waals surface area contributed by atoms with Crippen molar-refractivity contribution in [1.82, 2.24) is 4.72 Å². The van der Waals surface area contributed by atoms with Gasteiger partial charge in [-0.15, -0.1) is 0 Å². The van der Waals surface area contributed by atoms with Gasteiger partial charge in [-0.2, -0.15) is 5.26 Å². The van der Waals surface area contributed by atoms with Gasteiger partial charge in [-0.05, 0) is 72.9 Å². The van der Waals surface area contributed by atoms with Gasteiger partial charge in [0.1, 0.15) is 0 Å². The van der Waals surface area contributed by atoms with Gasteiger partial charge in [0, 0.05) is 29.5 Å². The molecule has 5 nitrogen and oxygen atoms in total. The second-order valence-electron chi connectivity index (χ2n) is 7.44. The minimum absolute atomic E-state index is 0.156. The van der Waals surface area contributed by atoms with Crippen molar-refractivity contribution in [3.05, 3.63) is 88.4 Å². The topological polar surface area (TPSA) is 73.2 Å². The van der Waals surface area contributed by atoms with Gasteiger partial charge in [0.2, 0.25) is 10.0 Å². The number of fused-ring (bicyclic) bond motifs is 2. The number of nitrogens with one attached hydrogen (secondary N) is 1. The molecule has 0 atom stereocenters. The van der Waals surface area contributed by atoms with Crippen LogP contribution in [-0.4, -0.2) is 21.5 Å². The highest BCUT2D eigenvalue weighted by molar-refractivity contribution is 7.89. The summed E-state index contributed by atoms with van der Waals surface area (Å²) in [7, 11) is -3.62. The van der Waals surface area contributed by atoms with Gasteiger partial charge in [0.15, 0.2) is 0 Å². The van der Waals surface area contributed by atoms with Crippen LogP contribution in [0.5, 0.6) is 0 Å². The number of nitriles is 1. The Morgan fingerprint density at radius 3 is 2.42 bits per heavy atom. The number of nitrogens with zero attached hydrogens (tertiary/aromatic N) is 2. The number of rotatable bonds is 6. The number of sulfonamides is 1. The molecule has 4 rings (SSSR count). The van der Waals surface area contributed by atoms with E-state index in [0.717, 1.165) is 24.2 Å². The van der Waals surface area contributed by atoms with Crippen LogP contribution >= 0.6 is 11.6 Å². The molecule has 1 aliphatic rings. The number of benzene rings is 3. The summed E-state index contributed by atoms with van der Waals surface area (Å²) in [4.78, 5) is 2.39. The zero-order chi connectivity index (χ0) is 21.8. The molecule has 0 bridgehead atoms. The summed E-state index contributed by atoms with van der Waals surface area (Å²) < 4.78 is 27.8. The molecule has 1 N–H and O–H groups in total. The highest BCUT2D eigenvalue weighted by Crippen LogP contribution is 2.37. The SMILES string of the molecule is N#Cc1ccc(S(=O)(=O)NCCCN2c3ccccc3CCc3ccc(Cl)cc32)cc1. The first-order valence-corrected chi connectivity index (χ1v) is 12.0. The molecule has 0 fully saturated rings. The van der Waals surface area contributed by atoms with Crippen molar-refractivity contribution in [2.24, 2.45) is 0 Å². The smallest absolute Gasteiger partial charge is 0.240 e. The van der Waals surface area contributed by atoms with E-state index < -0.39 is 10.0 Å². The Hall–Kier alpha value is -2.85. The normalized spacial score (nSPS) is 13.1. The quantitative estimate of drug-likeness (QED) is 0.545. The van der Waals surface area contributed by atoms with Gasteiger partial charge in [-0.1, -0.05) is 35.9 Å². The van der Waals surface area contributed by atoms with E-state index in [2.05, 4.69) is 27.8 Å². The number of hydrogen-bond acceptors (Lipinski definition) is 4. The van der Waals surface area contributed by atoms with Gasteiger partial charge < -0.3 is 4.90 Å². The molecular weight excluding hydrogens is 430 g/mol. The third kappa shape index (κ3) is 4.75. The number of para-hydroxylation sites is 1. The zero-order valence-corrected chi connectivity index (χ0v) is 18.5. The maximum atomic E-state index is 12.6. The first kappa shape index (κ1) is 21.4. The van der Waals surface area contributed by atoms with Gasteiger partial charge in [-0.25, -0.2) is 13.1 Å². The molecule has 1 heterocycles. The first-order chi connectivity index (χ1) is 15.0. The van der Waals surface area contributed by atoms with Gasteiger partial charge >= 0.3 is 0 Å². The zero-order valence-electron chi connectivity index (χ0n) is 16.9. The first-order valence-electron chi connectivity index (χ1n) is 10.1. The van der Waals surface area contributed by atoms with Gasteiger partial charge in [0.25, 0.3) is 0 Å². The molecule has 0 aromatic heterocycles. The molecule has 31 heavy (non-hydrogen) atoms. The van der Waals surface area contributed by atoms with Crippen molar-refractivity contribution in [1.29, 1.82) is 5.26 Å². The lowest BCUT2D eigenvalue weighted by atomic mass is 10.0. The predicted molar refractivity (Wildman–Crippen MR) is 123 cm³/mol. The van der Waals surface area contributed by atoms with Crippen molar-refractivity contribution >= 4 is 33.0 Å².